The van der Waals surface area contributed by atoms with E-state index in [1.807, 2.05) is 39.0 Å². The van der Waals surface area contributed by atoms with Crippen molar-refractivity contribution in [3.63, 3.8) is 0 Å². The Balaban J connectivity index is 1.84. The SMILES string of the molecule is CC1(C)C[C@H](OC(=O)c2ccccc2)[C@@H]2CCCC[C@]2(C)N1[O]. The van der Waals surface area contributed by atoms with Crippen LogP contribution in [0.25, 0.3) is 0 Å². The van der Waals surface area contributed by atoms with Crippen molar-refractivity contribution in [3.05, 3.63) is 35.9 Å². The fourth-order valence-electron chi connectivity index (χ4n) is 4.49. The Morgan fingerprint density at radius 2 is 1.87 bits per heavy atom. The second-order valence-electron chi connectivity index (χ2n) is 7.83. The van der Waals surface area contributed by atoms with Gasteiger partial charge in [-0.05, 0) is 45.7 Å². The smallest absolute Gasteiger partial charge is 0.338 e. The van der Waals surface area contributed by atoms with Crippen LogP contribution in [0, 0.1) is 5.92 Å². The van der Waals surface area contributed by atoms with Gasteiger partial charge >= 0.3 is 5.97 Å². The lowest BCUT2D eigenvalue weighted by Gasteiger charge is -2.57. The molecule has 1 saturated carbocycles. The summed E-state index contributed by atoms with van der Waals surface area (Å²) in [6, 6.07) is 9.11. The average molecular weight is 316 g/mol. The Hall–Kier alpha value is -1.39. The second kappa shape index (κ2) is 5.91. The maximum atomic E-state index is 12.9. The van der Waals surface area contributed by atoms with Gasteiger partial charge in [0.2, 0.25) is 0 Å². The summed E-state index contributed by atoms with van der Waals surface area (Å²) < 4.78 is 5.89. The highest BCUT2D eigenvalue weighted by Crippen LogP contribution is 2.49. The lowest BCUT2D eigenvalue weighted by Crippen LogP contribution is -2.67. The van der Waals surface area contributed by atoms with Crippen molar-refractivity contribution < 1.29 is 14.7 Å². The van der Waals surface area contributed by atoms with Gasteiger partial charge in [-0.1, -0.05) is 31.0 Å². The molecule has 1 aromatic carbocycles. The van der Waals surface area contributed by atoms with Crippen LogP contribution in [0.1, 0.15) is 63.2 Å². The van der Waals surface area contributed by atoms with Gasteiger partial charge in [0.1, 0.15) is 6.10 Å². The molecule has 0 spiro atoms. The number of nitrogens with zero attached hydrogens (tertiary/aromatic N) is 1. The summed E-state index contributed by atoms with van der Waals surface area (Å²) in [6.45, 7) is 5.97. The van der Waals surface area contributed by atoms with Crippen LogP contribution < -0.4 is 0 Å². The van der Waals surface area contributed by atoms with Gasteiger partial charge in [0.15, 0.2) is 0 Å². The van der Waals surface area contributed by atoms with Gasteiger partial charge in [0, 0.05) is 17.9 Å². The molecule has 3 rings (SSSR count). The quantitative estimate of drug-likeness (QED) is 0.775. The molecule has 1 aliphatic carbocycles. The zero-order chi connectivity index (χ0) is 16.7. The van der Waals surface area contributed by atoms with Crippen molar-refractivity contribution in [3.8, 4) is 0 Å². The van der Waals surface area contributed by atoms with Gasteiger partial charge in [-0.15, -0.1) is 10.3 Å². The van der Waals surface area contributed by atoms with Gasteiger partial charge in [-0.25, -0.2) is 4.79 Å². The molecule has 0 amide bonds. The van der Waals surface area contributed by atoms with E-state index in [1.54, 1.807) is 12.1 Å². The summed E-state index contributed by atoms with van der Waals surface area (Å²) in [5.74, 6) is -0.159. The topological polar surface area (TPSA) is 49.4 Å². The van der Waals surface area contributed by atoms with Crippen LogP contribution >= 0.6 is 0 Å². The molecule has 0 aromatic heterocycles. The third-order valence-electron chi connectivity index (χ3n) is 5.68. The third-order valence-corrected chi connectivity index (χ3v) is 5.68. The first-order chi connectivity index (χ1) is 10.8. The first-order valence-electron chi connectivity index (χ1n) is 8.58. The highest BCUT2D eigenvalue weighted by Gasteiger charge is 2.56. The number of fused-ring (bicyclic) bond motifs is 1. The lowest BCUT2D eigenvalue weighted by molar-refractivity contribution is -0.326. The molecule has 0 N–H and O–H groups in total. The summed E-state index contributed by atoms with van der Waals surface area (Å²) in [7, 11) is 0. The van der Waals surface area contributed by atoms with Crippen molar-refractivity contribution in [2.45, 2.75) is 70.1 Å². The molecule has 1 aromatic rings. The molecule has 0 bridgehead atoms. The summed E-state index contributed by atoms with van der Waals surface area (Å²) >= 11 is 0. The zero-order valence-corrected chi connectivity index (χ0v) is 14.2. The molecule has 1 heterocycles. The minimum Gasteiger partial charge on any atom is -0.458 e. The minimum absolute atomic E-state index is 0.120. The van der Waals surface area contributed by atoms with Gasteiger partial charge in [0.25, 0.3) is 0 Å². The summed E-state index contributed by atoms with van der Waals surface area (Å²) in [5.41, 5.74) is -0.362. The number of rotatable bonds is 2. The third kappa shape index (κ3) is 2.90. The van der Waals surface area contributed by atoms with Gasteiger partial charge < -0.3 is 4.74 Å². The Morgan fingerprint density at radius 1 is 1.17 bits per heavy atom. The van der Waals surface area contributed by atoms with Crippen LogP contribution in [0.4, 0.5) is 0 Å². The average Bonchev–Trinajstić information content (AvgIpc) is 2.53. The first kappa shape index (κ1) is 16.5. The number of hydrogen-bond donors (Lipinski definition) is 0. The molecule has 4 heteroatoms. The molecule has 1 radical (unpaired) electrons. The number of piperidine rings is 1. The van der Waals surface area contributed by atoms with Crippen LogP contribution in [-0.2, 0) is 9.94 Å². The minimum atomic E-state index is -0.510. The highest BCUT2D eigenvalue weighted by molar-refractivity contribution is 5.89. The molecule has 1 aliphatic heterocycles. The Morgan fingerprint density at radius 3 is 2.57 bits per heavy atom. The number of hydroxylamine groups is 2. The summed E-state index contributed by atoms with van der Waals surface area (Å²) in [5, 5.41) is 14.2. The van der Waals surface area contributed by atoms with Gasteiger partial charge in [-0.2, -0.15) is 0 Å². The van der Waals surface area contributed by atoms with E-state index in [1.165, 1.54) is 5.06 Å². The van der Waals surface area contributed by atoms with E-state index in [0.29, 0.717) is 12.0 Å². The molecule has 0 unspecified atom stereocenters. The molecule has 4 nitrogen and oxygen atoms in total. The van der Waals surface area contributed by atoms with Crippen LogP contribution in [0.2, 0.25) is 0 Å². The van der Waals surface area contributed by atoms with Crippen molar-refractivity contribution in [2.75, 3.05) is 0 Å². The number of ether oxygens (including phenoxy) is 1. The first-order valence-corrected chi connectivity index (χ1v) is 8.58. The van der Waals surface area contributed by atoms with Crippen molar-refractivity contribution in [2.24, 2.45) is 5.92 Å². The molecule has 2 fully saturated rings. The number of carbonyl (C=O) groups is 1. The van der Waals surface area contributed by atoms with Crippen LogP contribution in [0.5, 0.6) is 0 Å². The maximum absolute atomic E-state index is 12.9. The molecular formula is C19H26NO3. The molecule has 2 aliphatic rings. The van der Waals surface area contributed by atoms with E-state index in [-0.39, 0.29) is 18.0 Å². The monoisotopic (exact) mass is 316 g/mol. The van der Waals surface area contributed by atoms with Crippen LogP contribution in [-0.4, -0.2) is 28.2 Å². The molecule has 1 saturated heterocycles. The summed E-state index contributed by atoms with van der Waals surface area (Å²) in [6.07, 6.45) is 4.42. The number of benzene rings is 1. The van der Waals surface area contributed by atoms with Gasteiger partial charge in [-0.3, -0.25) is 0 Å². The molecule has 3 atom stereocenters. The lowest BCUT2D eigenvalue weighted by atomic mass is 9.64. The second-order valence-corrected chi connectivity index (χ2v) is 7.83. The van der Waals surface area contributed by atoms with Crippen molar-refractivity contribution in [1.82, 2.24) is 5.06 Å². The Kier molecular flexibility index (Phi) is 4.23. The number of carbonyl (C=O) groups excluding carboxylic acids is 1. The molecule has 23 heavy (non-hydrogen) atoms. The van der Waals surface area contributed by atoms with Crippen molar-refractivity contribution in [1.29, 1.82) is 0 Å². The maximum Gasteiger partial charge on any atom is 0.338 e. The Labute approximate surface area is 138 Å². The predicted molar refractivity (Wildman–Crippen MR) is 87.2 cm³/mol. The number of esters is 1. The van der Waals surface area contributed by atoms with E-state index < -0.39 is 11.1 Å². The van der Waals surface area contributed by atoms with E-state index in [2.05, 4.69) is 0 Å². The zero-order valence-electron chi connectivity index (χ0n) is 14.2. The summed E-state index contributed by atoms with van der Waals surface area (Å²) in [4.78, 5) is 12.5. The predicted octanol–water partition coefficient (Wildman–Crippen LogP) is 3.99. The number of hydrogen-bond acceptors (Lipinski definition) is 3. The standard InChI is InChI=1S/C19H26NO3/c1-18(2)13-16(23-17(21)14-9-5-4-6-10-14)15-11-7-8-12-19(15,3)20(18)22/h4-6,9-10,15-16H,7-8,11-13H2,1-3H3/t15-,16-,19-/m0/s1. The van der Waals surface area contributed by atoms with E-state index in [9.17, 15) is 10.0 Å². The van der Waals surface area contributed by atoms with E-state index in [4.69, 9.17) is 4.74 Å². The van der Waals surface area contributed by atoms with Crippen LogP contribution in [0.15, 0.2) is 30.3 Å². The largest absolute Gasteiger partial charge is 0.458 e. The normalized spacial score (nSPS) is 33.7. The highest BCUT2D eigenvalue weighted by atomic mass is 16.5. The molecule has 125 valence electrons. The van der Waals surface area contributed by atoms with Gasteiger partial charge in [0.05, 0.1) is 11.1 Å². The van der Waals surface area contributed by atoms with Crippen LogP contribution in [0.3, 0.4) is 0 Å². The fourth-order valence-corrected chi connectivity index (χ4v) is 4.49. The fraction of sp³-hybridized carbons (Fsp3) is 0.632. The van der Waals surface area contributed by atoms with E-state index in [0.717, 1.165) is 25.7 Å². The Bertz CT molecular complexity index is 571. The van der Waals surface area contributed by atoms with Crippen molar-refractivity contribution >= 4 is 5.97 Å². The molecular weight excluding hydrogens is 290 g/mol. The van der Waals surface area contributed by atoms with E-state index >= 15 is 0 Å².